The number of fused-ring (bicyclic) bond motifs is 2. The van der Waals surface area contributed by atoms with Crippen LogP contribution in [0.2, 0.25) is 0 Å². The molecule has 206 valence electrons. The molecule has 2 aromatic carbocycles. The number of carbonyl (C=O) groups is 1. The van der Waals surface area contributed by atoms with Crippen LogP contribution < -0.4 is 4.90 Å². The minimum Gasteiger partial charge on any atom is -0.385 e. The molecule has 0 bridgehead atoms. The molecule has 7 nitrogen and oxygen atoms in total. The number of aliphatic hydroxyl groups is 1. The summed E-state index contributed by atoms with van der Waals surface area (Å²) in [5.74, 6) is -3.75. The van der Waals surface area contributed by atoms with E-state index in [0.29, 0.717) is 23.6 Å². The zero-order chi connectivity index (χ0) is 27.8. The number of hydrogen-bond donors (Lipinski definition) is 1. The molecule has 2 aliphatic heterocycles. The van der Waals surface area contributed by atoms with Gasteiger partial charge in [0.15, 0.2) is 5.65 Å². The standard InChI is InChI=1S/C30H28F3N5O2/c1-17-21-5-3-2-4-18(21)10-11-37(17)29(40)25-13-26(19-6-7-19)38-28(34-25)14-24(35-38)22-9-8-20(12-23(22)31)36-15-27(39)30(32,33)16-36/h2-5,8-9,12-14,17,19,27,39H,6-7,10-11,15-16H2,1H3/t17-,27?/m1/s1. The van der Waals surface area contributed by atoms with Gasteiger partial charge in [0, 0.05) is 35.5 Å². The van der Waals surface area contributed by atoms with Gasteiger partial charge in [-0.1, -0.05) is 24.3 Å². The van der Waals surface area contributed by atoms with Crippen LogP contribution in [0, 0.1) is 5.82 Å². The highest BCUT2D eigenvalue weighted by atomic mass is 19.3. The molecule has 2 atom stereocenters. The number of alkyl halides is 2. The summed E-state index contributed by atoms with van der Waals surface area (Å²) in [6.45, 7) is 1.69. The van der Waals surface area contributed by atoms with E-state index in [-0.39, 0.29) is 35.7 Å². The third-order valence-electron chi connectivity index (χ3n) is 8.40. The van der Waals surface area contributed by atoms with Gasteiger partial charge in [-0.25, -0.2) is 22.7 Å². The molecule has 7 rings (SSSR count). The fourth-order valence-electron chi connectivity index (χ4n) is 5.98. The minimum atomic E-state index is -3.24. The lowest BCUT2D eigenvalue weighted by molar-refractivity contribution is -0.0712. The van der Waals surface area contributed by atoms with Crippen LogP contribution in [0.25, 0.3) is 16.9 Å². The normalized spacial score (nSPS) is 22.1. The average molecular weight is 548 g/mol. The maximum absolute atomic E-state index is 15.3. The van der Waals surface area contributed by atoms with Crippen molar-refractivity contribution < 1.29 is 23.1 Å². The van der Waals surface area contributed by atoms with Crippen LogP contribution >= 0.6 is 0 Å². The molecule has 1 amide bonds. The zero-order valence-corrected chi connectivity index (χ0v) is 21.9. The summed E-state index contributed by atoms with van der Waals surface area (Å²) in [5.41, 5.74) is 4.88. The molecule has 2 aromatic heterocycles. The summed E-state index contributed by atoms with van der Waals surface area (Å²) < 4.78 is 44.6. The van der Waals surface area contributed by atoms with Crippen molar-refractivity contribution in [1.29, 1.82) is 0 Å². The van der Waals surface area contributed by atoms with Gasteiger partial charge in [-0.2, -0.15) is 5.10 Å². The predicted molar refractivity (Wildman–Crippen MR) is 143 cm³/mol. The number of aliphatic hydroxyl groups excluding tert-OH is 1. The van der Waals surface area contributed by atoms with E-state index in [1.165, 1.54) is 22.6 Å². The maximum atomic E-state index is 15.3. The summed E-state index contributed by atoms with van der Waals surface area (Å²) >= 11 is 0. The molecule has 4 aromatic rings. The smallest absolute Gasteiger partial charge is 0.292 e. The van der Waals surface area contributed by atoms with Gasteiger partial charge >= 0.3 is 0 Å². The Morgan fingerprint density at radius 2 is 1.90 bits per heavy atom. The van der Waals surface area contributed by atoms with Crippen molar-refractivity contribution in [2.75, 3.05) is 24.5 Å². The lowest BCUT2D eigenvalue weighted by atomic mass is 9.93. The van der Waals surface area contributed by atoms with Crippen molar-refractivity contribution in [1.82, 2.24) is 19.5 Å². The fourth-order valence-corrected chi connectivity index (χ4v) is 5.98. The molecule has 0 radical (unpaired) electrons. The molecule has 1 unspecified atom stereocenters. The van der Waals surface area contributed by atoms with E-state index >= 15 is 4.39 Å². The number of carbonyl (C=O) groups excluding carboxylic acids is 1. The number of hydrogen-bond acceptors (Lipinski definition) is 5. The Kier molecular flexibility index (Phi) is 5.68. The summed E-state index contributed by atoms with van der Waals surface area (Å²) in [5, 5.41) is 14.3. The first kappa shape index (κ1) is 25.1. The topological polar surface area (TPSA) is 74.0 Å². The van der Waals surface area contributed by atoms with E-state index in [9.17, 15) is 18.7 Å². The highest BCUT2D eigenvalue weighted by Gasteiger charge is 2.47. The summed E-state index contributed by atoms with van der Waals surface area (Å²) in [6.07, 6.45) is 0.944. The molecule has 10 heteroatoms. The average Bonchev–Trinajstić information content (AvgIpc) is 3.63. The first-order valence-electron chi connectivity index (χ1n) is 13.6. The van der Waals surface area contributed by atoms with E-state index in [1.807, 2.05) is 30.0 Å². The van der Waals surface area contributed by atoms with E-state index < -0.39 is 24.4 Å². The second kappa shape index (κ2) is 9.05. The second-order valence-corrected chi connectivity index (χ2v) is 11.1. The van der Waals surface area contributed by atoms with Gasteiger partial charge in [-0.15, -0.1) is 0 Å². The Labute approximate surface area is 228 Å². The van der Waals surface area contributed by atoms with E-state index in [4.69, 9.17) is 0 Å². The lowest BCUT2D eigenvalue weighted by Crippen LogP contribution is -2.39. The van der Waals surface area contributed by atoms with E-state index in [1.54, 1.807) is 16.6 Å². The monoisotopic (exact) mass is 547 g/mol. The number of halogens is 3. The van der Waals surface area contributed by atoms with Crippen molar-refractivity contribution in [3.63, 3.8) is 0 Å². The minimum absolute atomic E-state index is 0.0791. The Morgan fingerprint density at radius 1 is 1.10 bits per heavy atom. The fraction of sp³-hybridized carbons (Fsp3) is 0.367. The zero-order valence-electron chi connectivity index (χ0n) is 21.9. The van der Waals surface area contributed by atoms with Gasteiger partial charge in [0.2, 0.25) is 0 Å². The van der Waals surface area contributed by atoms with Gasteiger partial charge in [0.25, 0.3) is 11.8 Å². The quantitative estimate of drug-likeness (QED) is 0.390. The van der Waals surface area contributed by atoms with Crippen molar-refractivity contribution in [2.24, 2.45) is 0 Å². The van der Waals surface area contributed by atoms with Crippen LogP contribution in [0.4, 0.5) is 18.9 Å². The highest BCUT2D eigenvalue weighted by molar-refractivity contribution is 5.93. The van der Waals surface area contributed by atoms with Gasteiger partial charge in [0.1, 0.15) is 17.6 Å². The molecule has 4 heterocycles. The molecule has 0 spiro atoms. The number of aromatic nitrogens is 3. The number of nitrogens with zero attached hydrogens (tertiary/aromatic N) is 5. The predicted octanol–water partition coefficient (Wildman–Crippen LogP) is 4.99. The van der Waals surface area contributed by atoms with Gasteiger partial charge in [-0.3, -0.25) is 4.79 Å². The number of β-amino-alcohol motifs (C(OH)–C–C–N with tert-alkyl or cyclic N) is 1. The Hall–Kier alpha value is -3.92. The highest BCUT2D eigenvalue weighted by Crippen LogP contribution is 2.41. The Balaban J connectivity index is 1.22. The van der Waals surface area contributed by atoms with Crippen LogP contribution in [0.1, 0.15) is 59.0 Å². The molecule has 1 saturated carbocycles. The van der Waals surface area contributed by atoms with E-state index in [2.05, 4.69) is 22.2 Å². The third-order valence-corrected chi connectivity index (χ3v) is 8.40. The van der Waals surface area contributed by atoms with Crippen LogP contribution in [0.5, 0.6) is 0 Å². The number of benzene rings is 2. The van der Waals surface area contributed by atoms with Crippen LogP contribution in [0.3, 0.4) is 0 Å². The first-order valence-corrected chi connectivity index (χ1v) is 13.6. The summed E-state index contributed by atoms with van der Waals surface area (Å²) in [4.78, 5) is 21.5. The molecule has 1 aliphatic carbocycles. The molecule has 1 N–H and O–H groups in total. The van der Waals surface area contributed by atoms with Crippen molar-refractivity contribution in [2.45, 2.75) is 50.2 Å². The SMILES string of the molecule is C[C@@H]1c2ccccc2CCN1C(=O)c1cc(C2CC2)n2nc(-c3ccc(N4CC(O)C(F)(F)C4)cc3F)cc2n1. The number of amides is 1. The molecule has 2 fully saturated rings. The van der Waals surface area contributed by atoms with Crippen LogP contribution in [-0.4, -0.2) is 62.2 Å². The third kappa shape index (κ3) is 4.13. The lowest BCUT2D eigenvalue weighted by Gasteiger charge is -2.35. The largest absolute Gasteiger partial charge is 0.385 e. The van der Waals surface area contributed by atoms with Crippen molar-refractivity contribution in [3.8, 4) is 11.3 Å². The van der Waals surface area contributed by atoms with Crippen LogP contribution in [0.15, 0.2) is 54.6 Å². The number of rotatable bonds is 4. The van der Waals surface area contributed by atoms with Gasteiger partial charge < -0.3 is 14.9 Å². The first-order chi connectivity index (χ1) is 19.2. The van der Waals surface area contributed by atoms with E-state index in [0.717, 1.165) is 30.5 Å². The Morgan fingerprint density at radius 3 is 2.62 bits per heavy atom. The molecule has 1 saturated heterocycles. The van der Waals surface area contributed by atoms with Crippen LogP contribution in [-0.2, 0) is 6.42 Å². The van der Waals surface area contributed by atoms with Crippen molar-refractivity contribution in [3.05, 3.63) is 82.9 Å². The van der Waals surface area contributed by atoms with Gasteiger partial charge in [-0.05, 0) is 61.6 Å². The van der Waals surface area contributed by atoms with Gasteiger partial charge in [0.05, 0.1) is 24.8 Å². The number of anilines is 1. The maximum Gasteiger partial charge on any atom is 0.292 e. The molecule has 3 aliphatic rings. The summed E-state index contributed by atoms with van der Waals surface area (Å²) in [7, 11) is 0. The molecule has 40 heavy (non-hydrogen) atoms. The molecular formula is C30H28F3N5O2. The second-order valence-electron chi connectivity index (χ2n) is 11.1. The Bertz CT molecular complexity index is 1650. The van der Waals surface area contributed by atoms with Crippen molar-refractivity contribution >= 4 is 17.2 Å². The summed E-state index contributed by atoms with van der Waals surface area (Å²) in [6, 6.07) is 15.8. The molecular weight excluding hydrogens is 519 g/mol.